The molecule has 0 fully saturated rings. The number of hydrogen-bond donors (Lipinski definition) is 1. The van der Waals surface area contributed by atoms with Gasteiger partial charge in [-0.1, -0.05) is 0 Å². The standard InChI is InChI=1S/C14H18O2/c1-14(2,3)16-11-7-8-12-10(9-11)5-4-6-13(12)15/h6-9,15H,4-5H2,1-3H3. The van der Waals surface area contributed by atoms with Crippen molar-refractivity contribution >= 4 is 5.76 Å². The molecule has 0 heterocycles. The van der Waals surface area contributed by atoms with E-state index in [1.54, 1.807) is 0 Å². The molecule has 2 heteroatoms. The van der Waals surface area contributed by atoms with E-state index >= 15 is 0 Å². The number of aliphatic hydroxyl groups is 1. The molecule has 1 aromatic carbocycles. The van der Waals surface area contributed by atoms with E-state index in [4.69, 9.17) is 4.74 Å². The van der Waals surface area contributed by atoms with Crippen LogP contribution < -0.4 is 4.74 Å². The van der Waals surface area contributed by atoms with Gasteiger partial charge in [0.25, 0.3) is 0 Å². The van der Waals surface area contributed by atoms with Crippen molar-refractivity contribution in [2.45, 2.75) is 39.2 Å². The summed E-state index contributed by atoms with van der Waals surface area (Å²) in [5.74, 6) is 1.27. The Hall–Kier alpha value is -1.44. The Morgan fingerprint density at radius 2 is 2.00 bits per heavy atom. The fourth-order valence-electron chi connectivity index (χ4n) is 1.92. The number of ether oxygens (including phenoxy) is 1. The van der Waals surface area contributed by atoms with Crippen LogP contribution in [0.3, 0.4) is 0 Å². The highest BCUT2D eigenvalue weighted by Crippen LogP contribution is 2.29. The zero-order chi connectivity index (χ0) is 11.8. The third kappa shape index (κ3) is 2.38. The van der Waals surface area contributed by atoms with E-state index in [1.807, 2.05) is 45.0 Å². The van der Waals surface area contributed by atoms with Crippen LogP contribution in [0.4, 0.5) is 0 Å². The quantitative estimate of drug-likeness (QED) is 0.778. The van der Waals surface area contributed by atoms with Crippen LogP contribution in [0.15, 0.2) is 24.3 Å². The summed E-state index contributed by atoms with van der Waals surface area (Å²) in [6.07, 6.45) is 3.74. The van der Waals surface area contributed by atoms with Crippen molar-refractivity contribution in [1.29, 1.82) is 0 Å². The SMILES string of the molecule is CC(C)(C)Oc1ccc2c(c1)CCC=C2O. The van der Waals surface area contributed by atoms with Crippen LogP contribution >= 0.6 is 0 Å². The monoisotopic (exact) mass is 218 g/mol. The first kappa shape index (κ1) is 11.1. The van der Waals surface area contributed by atoms with Gasteiger partial charge in [0, 0.05) is 5.56 Å². The van der Waals surface area contributed by atoms with Gasteiger partial charge in [0.15, 0.2) is 0 Å². The molecule has 2 nitrogen and oxygen atoms in total. The van der Waals surface area contributed by atoms with Crippen molar-refractivity contribution in [3.05, 3.63) is 35.4 Å². The molecule has 1 aromatic rings. The first-order valence-corrected chi connectivity index (χ1v) is 5.67. The minimum Gasteiger partial charge on any atom is -0.508 e. The van der Waals surface area contributed by atoms with Crippen molar-refractivity contribution in [2.75, 3.05) is 0 Å². The normalized spacial score (nSPS) is 15.3. The zero-order valence-corrected chi connectivity index (χ0v) is 10.1. The lowest BCUT2D eigenvalue weighted by molar-refractivity contribution is 0.131. The molecule has 0 spiro atoms. The predicted octanol–water partition coefficient (Wildman–Crippen LogP) is 3.71. The fraction of sp³-hybridized carbons (Fsp3) is 0.429. The summed E-state index contributed by atoms with van der Waals surface area (Å²) in [6, 6.07) is 5.88. The number of aliphatic hydroxyl groups excluding tert-OH is 1. The van der Waals surface area contributed by atoms with Crippen LogP contribution in [0.25, 0.3) is 5.76 Å². The largest absolute Gasteiger partial charge is 0.508 e. The first-order valence-electron chi connectivity index (χ1n) is 5.67. The number of allylic oxidation sites excluding steroid dienone is 1. The number of benzene rings is 1. The van der Waals surface area contributed by atoms with E-state index in [9.17, 15) is 5.11 Å². The minimum absolute atomic E-state index is 0.180. The molecule has 0 atom stereocenters. The molecule has 0 aliphatic heterocycles. The van der Waals surface area contributed by atoms with Crippen LogP contribution in [0.5, 0.6) is 5.75 Å². The highest BCUT2D eigenvalue weighted by Gasteiger charge is 2.15. The van der Waals surface area contributed by atoms with E-state index < -0.39 is 0 Å². The van der Waals surface area contributed by atoms with Gasteiger partial charge in [0.05, 0.1) is 0 Å². The van der Waals surface area contributed by atoms with Crippen molar-refractivity contribution < 1.29 is 9.84 Å². The van der Waals surface area contributed by atoms with Gasteiger partial charge in [-0.25, -0.2) is 0 Å². The Bertz CT molecular complexity index is 425. The predicted molar refractivity (Wildman–Crippen MR) is 65.7 cm³/mol. The van der Waals surface area contributed by atoms with E-state index in [0.717, 1.165) is 24.2 Å². The molecule has 86 valence electrons. The van der Waals surface area contributed by atoms with Gasteiger partial charge in [-0.3, -0.25) is 0 Å². The third-order valence-corrected chi connectivity index (χ3v) is 2.53. The first-order chi connectivity index (χ1) is 7.46. The molecule has 1 N–H and O–H groups in total. The number of hydrogen-bond acceptors (Lipinski definition) is 2. The lowest BCUT2D eigenvalue weighted by Crippen LogP contribution is -2.23. The Kier molecular flexibility index (Phi) is 2.66. The molecule has 0 amide bonds. The Labute approximate surface area is 96.6 Å². The van der Waals surface area contributed by atoms with Crippen LogP contribution in [-0.2, 0) is 6.42 Å². The highest BCUT2D eigenvalue weighted by atomic mass is 16.5. The van der Waals surface area contributed by atoms with Gasteiger partial charge >= 0.3 is 0 Å². The summed E-state index contributed by atoms with van der Waals surface area (Å²) >= 11 is 0. The second kappa shape index (κ2) is 3.85. The molecule has 0 radical (unpaired) electrons. The van der Waals surface area contributed by atoms with Gasteiger partial charge < -0.3 is 9.84 Å². The van der Waals surface area contributed by atoms with E-state index in [0.29, 0.717) is 5.76 Å². The third-order valence-electron chi connectivity index (χ3n) is 2.53. The Morgan fingerprint density at radius 3 is 2.69 bits per heavy atom. The van der Waals surface area contributed by atoms with Gasteiger partial charge in [0.1, 0.15) is 17.1 Å². The Balaban J connectivity index is 2.30. The lowest BCUT2D eigenvalue weighted by atomic mass is 9.95. The molecule has 2 rings (SSSR count). The Morgan fingerprint density at radius 1 is 1.25 bits per heavy atom. The molecule has 0 saturated carbocycles. The summed E-state index contributed by atoms with van der Waals surface area (Å²) in [7, 11) is 0. The maximum Gasteiger partial charge on any atom is 0.120 e. The van der Waals surface area contributed by atoms with Gasteiger partial charge in [-0.2, -0.15) is 0 Å². The summed E-state index contributed by atoms with van der Waals surface area (Å²) in [6.45, 7) is 6.09. The second-order valence-electron chi connectivity index (χ2n) is 5.16. The second-order valence-corrected chi connectivity index (χ2v) is 5.16. The summed E-state index contributed by atoms with van der Waals surface area (Å²) in [4.78, 5) is 0. The van der Waals surface area contributed by atoms with Crippen LogP contribution in [0.1, 0.15) is 38.3 Å². The molecule has 0 bridgehead atoms. The molecule has 0 unspecified atom stereocenters. The zero-order valence-electron chi connectivity index (χ0n) is 10.1. The van der Waals surface area contributed by atoms with Crippen molar-refractivity contribution in [3.63, 3.8) is 0 Å². The fourth-order valence-corrected chi connectivity index (χ4v) is 1.92. The maximum atomic E-state index is 9.71. The maximum absolute atomic E-state index is 9.71. The number of aryl methyl sites for hydroxylation is 1. The minimum atomic E-state index is -0.180. The summed E-state index contributed by atoms with van der Waals surface area (Å²) < 4.78 is 5.80. The van der Waals surface area contributed by atoms with E-state index in [2.05, 4.69) is 0 Å². The summed E-state index contributed by atoms with van der Waals surface area (Å²) in [5, 5.41) is 9.71. The average Bonchev–Trinajstić information content (AvgIpc) is 2.15. The van der Waals surface area contributed by atoms with Crippen LogP contribution in [-0.4, -0.2) is 10.7 Å². The van der Waals surface area contributed by atoms with Crippen molar-refractivity contribution in [1.82, 2.24) is 0 Å². The highest BCUT2D eigenvalue weighted by molar-refractivity contribution is 5.64. The average molecular weight is 218 g/mol. The van der Waals surface area contributed by atoms with E-state index in [1.165, 1.54) is 5.56 Å². The number of rotatable bonds is 1. The molecule has 0 saturated heterocycles. The number of fused-ring (bicyclic) bond motifs is 1. The molecular formula is C14H18O2. The van der Waals surface area contributed by atoms with Crippen LogP contribution in [0.2, 0.25) is 0 Å². The smallest absolute Gasteiger partial charge is 0.120 e. The summed E-state index contributed by atoms with van der Waals surface area (Å²) in [5.41, 5.74) is 1.93. The topological polar surface area (TPSA) is 29.5 Å². The van der Waals surface area contributed by atoms with Gasteiger partial charge in [0.2, 0.25) is 0 Å². The van der Waals surface area contributed by atoms with Crippen molar-refractivity contribution in [3.8, 4) is 5.75 Å². The van der Waals surface area contributed by atoms with Gasteiger partial charge in [-0.05, 0) is 63.5 Å². The molecular weight excluding hydrogens is 200 g/mol. The van der Waals surface area contributed by atoms with Crippen LogP contribution in [0, 0.1) is 0 Å². The molecule has 0 aromatic heterocycles. The van der Waals surface area contributed by atoms with Gasteiger partial charge in [-0.15, -0.1) is 0 Å². The molecule has 1 aliphatic carbocycles. The lowest BCUT2D eigenvalue weighted by Gasteiger charge is -2.23. The molecule has 1 aliphatic rings. The van der Waals surface area contributed by atoms with Crippen molar-refractivity contribution in [2.24, 2.45) is 0 Å². The van der Waals surface area contributed by atoms with E-state index in [-0.39, 0.29) is 5.60 Å². The molecule has 16 heavy (non-hydrogen) atoms.